The molecule has 0 unspecified atom stereocenters. The fourth-order valence-electron chi connectivity index (χ4n) is 4.11. The second-order valence-electron chi connectivity index (χ2n) is 7.86. The molecule has 4 rings (SSSR count). The predicted molar refractivity (Wildman–Crippen MR) is 103 cm³/mol. The van der Waals surface area contributed by atoms with Gasteiger partial charge in [0.1, 0.15) is 0 Å². The molecule has 2 saturated carbocycles. The average Bonchev–Trinajstić information content (AvgIpc) is 3.35. The van der Waals surface area contributed by atoms with E-state index in [0.29, 0.717) is 17.9 Å². The van der Waals surface area contributed by atoms with E-state index < -0.39 is 0 Å². The summed E-state index contributed by atoms with van der Waals surface area (Å²) in [6.45, 7) is 4.58. The quantitative estimate of drug-likeness (QED) is 0.776. The number of carbonyl (C=O) groups excluding carboxylic acids is 1. The maximum Gasteiger partial charge on any atom is 0.246 e. The lowest BCUT2D eigenvalue weighted by molar-refractivity contribution is -0.116. The van der Waals surface area contributed by atoms with Crippen molar-refractivity contribution >= 4 is 12.0 Å². The van der Waals surface area contributed by atoms with Crippen LogP contribution in [0.25, 0.3) is 6.08 Å². The van der Waals surface area contributed by atoms with Gasteiger partial charge in [-0.15, -0.1) is 0 Å². The summed E-state index contributed by atoms with van der Waals surface area (Å²) in [5.74, 6) is 1.54. The van der Waals surface area contributed by atoms with E-state index in [2.05, 4.69) is 39.9 Å². The molecule has 0 aliphatic heterocycles. The van der Waals surface area contributed by atoms with Crippen molar-refractivity contribution in [1.29, 1.82) is 0 Å². The van der Waals surface area contributed by atoms with Gasteiger partial charge in [-0.2, -0.15) is 4.98 Å². The zero-order chi connectivity index (χ0) is 18.8. The Morgan fingerprint density at radius 1 is 1.26 bits per heavy atom. The number of hydrogen-bond donors (Lipinski definition) is 1. The van der Waals surface area contributed by atoms with E-state index in [1.54, 1.807) is 6.08 Å². The van der Waals surface area contributed by atoms with Crippen LogP contribution in [0.3, 0.4) is 0 Å². The maximum absolute atomic E-state index is 12.2. The van der Waals surface area contributed by atoms with Crippen molar-refractivity contribution in [3.05, 3.63) is 40.8 Å². The molecular formula is C21H28N4O2. The van der Waals surface area contributed by atoms with Crippen LogP contribution < -0.4 is 5.32 Å². The minimum Gasteiger partial charge on any atom is -0.346 e. The molecule has 0 saturated heterocycles. The molecule has 6 heteroatoms. The zero-order valence-corrected chi connectivity index (χ0v) is 16.2. The Morgan fingerprint density at radius 3 is 2.78 bits per heavy atom. The molecule has 2 aliphatic rings. The number of nitrogens with one attached hydrogen (secondary N) is 1. The van der Waals surface area contributed by atoms with Crippen LogP contribution in [-0.2, 0) is 11.3 Å². The van der Waals surface area contributed by atoms with Gasteiger partial charge in [-0.05, 0) is 57.2 Å². The Labute approximate surface area is 160 Å². The molecule has 2 heterocycles. The zero-order valence-electron chi connectivity index (χ0n) is 16.2. The molecule has 1 amide bonds. The van der Waals surface area contributed by atoms with Crippen molar-refractivity contribution in [3.63, 3.8) is 0 Å². The van der Waals surface area contributed by atoms with E-state index in [-0.39, 0.29) is 12.5 Å². The molecule has 2 aromatic heterocycles. The van der Waals surface area contributed by atoms with Crippen LogP contribution in [0, 0.1) is 13.8 Å². The Balaban J connectivity index is 1.36. The lowest BCUT2D eigenvalue weighted by atomic mass is 9.95. The number of aromatic nitrogens is 3. The summed E-state index contributed by atoms with van der Waals surface area (Å²) in [7, 11) is 0. The molecule has 1 N–H and O–H groups in total. The van der Waals surface area contributed by atoms with Gasteiger partial charge in [-0.3, -0.25) is 4.79 Å². The number of hydrogen-bond acceptors (Lipinski definition) is 4. The van der Waals surface area contributed by atoms with Crippen molar-refractivity contribution in [2.24, 2.45) is 0 Å². The van der Waals surface area contributed by atoms with Gasteiger partial charge in [0.15, 0.2) is 5.82 Å². The van der Waals surface area contributed by atoms with Crippen molar-refractivity contribution in [2.75, 3.05) is 0 Å². The summed E-state index contributed by atoms with van der Waals surface area (Å²) in [6, 6.07) is 2.78. The largest absolute Gasteiger partial charge is 0.346 e. The standard InChI is InChI=1S/C21H28N4O2/c1-14-12-17(15(2)25(14)18-6-4-3-5-7-18)10-11-19(26)22-13-20-23-21(24-27-20)16-8-9-16/h10-12,16,18H,3-9,13H2,1-2H3,(H,22,26). The summed E-state index contributed by atoms with van der Waals surface area (Å²) >= 11 is 0. The van der Waals surface area contributed by atoms with E-state index in [1.807, 2.05) is 6.08 Å². The molecule has 2 fully saturated rings. The Hall–Kier alpha value is -2.37. The van der Waals surface area contributed by atoms with Gasteiger partial charge in [0, 0.05) is 29.4 Å². The van der Waals surface area contributed by atoms with Crippen molar-refractivity contribution in [3.8, 4) is 0 Å². The highest BCUT2D eigenvalue weighted by Gasteiger charge is 2.28. The average molecular weight is 368 g/mol. The molecule has 0 spiro atoms. The Morgan fingerprint density at radius 2 is 2.04 bits per heavy atom. The summed E-state index contributed by atoms with van der Waals surface area (Å²) < 4.78 is 7.63. The van der Waals surface area contributed by atoms with Crippen LogP contribution in [0.4, 0.5) is 0 Å². The smallest absolute Gasteiger partial charge is 0.246 e. The fourth-order valence-corrected chi connectivity index (χ4v) is 4.11. The third-order valence-corrected chi connectivity index (χ3v) is 5.72. The second-order valence-corrected chi connectivity index (χ2v) is 7.86. The SMILES string of the molecule is Cc1cc(C=CC(=O)NCc2nc(C3CC3)no2)c(C)n1C1CCCCC1. The third-order valence-electron chi connectivity index (χ3n) is 5.72. The Kier molecular flexibility index (Phi) is 5.14. The van der Waals surface area contributed by atoms with E-state index in [9.17, 15) is 4.79 Å². The fraction of sp³-hybridized carbons (Fsp3) is 0.571. The van der Waals surface area contributed by atoms with Crippen molar-refractivity contribution in [2.45, 2.75) is 77.3 Å². The van der Waals surface area contributed by atoms with Crippen molar-refractivity contribution < 1.29 is 9.32 Å². The molecule has 144 valence electrons. The van der Waals surface area contributed by atoms with Crippen LogP contribution in [0.5, 0.6) is 0 Å². The van der Waals surface area contributed by atoms with Gasteiger partial charge in [0.2, 0.25) is 11.8 Å². The number of nitrogens with zero attached hydrogens (tertiary/aromatic N) is 3. The minimum atomic E-state index is -0.149. The van der Waals surface area contributed by atoms with E-state index in [0.717, 1.165) is 24.2 Å². The van der Waals surface area contributed by atoms with Crippen LogP contribution >= 0.6 is 0 Å². The lowest BCUT2D eigenvalue weighted by Gasteiger charge is -2.26. The predicted octanol–water partition coefficient (Wildman–Crippen LogP) is 4.20. The highest BCUT2D eigenvalue weighted by atomic mass is 16.5. The first-order valence-electron chi connectivity index (χ1n) is 10.1. The molecular weight excluding hydrogens is 340 g/mol. The molecule has 0 bridgehead atoms. The third kappa shape index (κ3) is 4.15. The number of amides is 1. The number of aryl methyl sites for hydroxylation is 1. The molecule has 27 heavy (non-hydrogen) atoms. The molecule has 6 nitrogen and oxygen atoms in total. The van der Waals surface area contributed by atoms with E-state index in [1.165, 1.54) is 43.5 Å². The first-order valence-corrected chi connectivity index (χ1v) is 10.1. The monoisotopic (exact) mass is 368 g/mol. The summed E-state index contributed by atoms with van der Waals surface area (Å²) in [5.41, 5.74) is 3.63. The highest BCUT2D eigenvalue weighted by molar-refractivity contribution is 5.91. The maximum atomic E-state index is 12.2. The van der Waals surface area contributed by atoms with Crippen LogP contribution in [0.15, 0.2) is 16.7 Å². The molecule has 0 radical (unpaired) electrons. The summed E-state index contributed by atoms with van der Waals surface area (Å²) in [5, 5.41) is 6.78. The topological polar surface area (TPSA) is 73.0 Å². The summed E-state index contributed by atoms with van der Waals surface area (Å²) in [4.78, 5) is 16.5. The molecule has 0 atom stereocenters. The van der Waals surface area contributed by atoms with Gasteiger partial charge in [0.25, 0.3) is 0 Å². The van der Waals surface area contributed by atoms with Gasteiger partial charge in [-0.1, -0.05) is 24.4 Å². The minimum absolute atomic E-state index is 0.149. The van der Waals surface area contributed by atoms with Crippen LogP contribution in [0.2, 0.25) is 0 Å². The van der Waals surface area contributed by atoms with Gasteiger partial charge < -0.3 is 14.4 Å². The van der Waals surface area contributed by atoms with E-state index >= 15 is 0 Å². The lowest BCUT2D eigenvalue weighted by Crippen LogP contribution is -2.20. The second kappa shape index (κ2) is 7.71. The highest BCUT2D eigenvalue weighted by Crippen LogP contribution is 2.38. The normalized spacial score (nSPS) is 18.3. The molecule has 2 aromatic rings. The van der Waals surface area contributed by atoms with Gasteiger partial charge in [0.05, 0.1) is 6.54 Å². The number of carbonyl (C=O) groups is 1. The molecule has 0 aromatic carbocycles. The summed E-state index contributed by atoms with van der Waals surface area (Å²) in [6.07, 6.45) is 12.2. The number of rotatable bonds is 6. The van der Waals surface area contributed by atoms with Crippen LogP contribution in [0.1, 0.15) is 85.6 Å². The van der Waals surface area contributed by atoms with E-state index in [4.69, 9.17) is 4.52 Å². The van der Waals surface area contributed by atoms with Crippen LogP contribution in [-0.4, -0.2) is 20.6 Å². The van der Waals surface area contributed by atoms with Gasteiger partial charge in [-0.25, -0.2) is 0 Å². The van der Waals surface area contributed by atoms with Gasteiger partial charge >= 0.3 is 0 Å². The Bertz CT molecular complexity index is 838. The first-order chi connectivity index (χ1) is 13.1. The van der Waals surface area contributed by atoms with Crippen molar-refractivity contribution in [1.82, 2.24) is 20.0 Å². The first kappa shape index (κ1) is 18.0. The molecule has 2 aliphatic carbocycles.